The Morgan fingerprint density at radius 1 is 1.54 bits per heavy atom. The third-order valence-electron chi connectivity index (χ3n) is 1.76. The van der Waals surface area contributed by atoms with Crippen LogP contribution in [-0.4, -0.2) is 35.6 Å². The largest absolute Gasteiger partial charge is 0.390 e. The van der Waals surface area contributed by atoms with Crippen molar-refractivity contribution in [3.63, 3.8) is 0 Å². The Kier molecular flexibility index (Phi) is 4.35. The zero-order chi connectivity index (χ0) is 9.68. The molecular weight excluding hydrogens is 184 g/mol. The van der Waals surface area contributed by atoms with Gasteiger partial charge in [-0.25, -0.2) is 4.98 Å². The first-order valence-electron chi connectivity index (χ1n) is 4.41. The van der Waals surface area contributed by atoms with Crippen molar-refractivity contribution in [2.75, 3.05) is 20.6 Å². The van der Waals surface area contributed by atoms with E-state index in [1.165, 1.54) is 0 Å². The highest BCUT2D eigenvalue weighted by Crippen LogP contribution is 2.11. The van der Waals surface area contributed by atoms with E-state index in [2.05, 4.69) is 24.0 Å². The molecule has 0 aliphatic carbocycles. The minimum atomic E-state index is 0.0597. The Labute approximate surface area is 83.0 Å². The van der Waals surface area contributed by atoms with Crippen LogP contribution in [0, 0.1) is 0 Å². The summed E-state index contributed by atoms with van der Waals surface area (Å²) in [6, 6.07) is 0. The first-order valence-corrected chi connectivity index (χ1v) is 5.29. The third-order valence-corrected chi connectivity index (χ3v) is 2.71. The molecule has 0 spiro atoms. The van der Waals surface area contributed by atoms with Crippen LogP contribution in [0.25, 0.3) is 0 Å². The summed E-state index contributed by atoms with van der Waals surface area (Å²) in [7, 11) is 4.14. The van der Waals surface area contributed by atoms with Crippen LogP contribution in [0.5, 0.6) is 0 Å². The molecule has 0 aromatic carbocycles. The van der Waals surface area contributed by atoms with Crippen molar-refractivity contribution in [2.24, 2.45) is 0 Å². The lowest BCUT2D eigenvalue weighted by Crippen LogP contribution is -2.13. The van der Waals surface area contributed by atoms with E-state index in [0.29, 0.717) is 0 Å². The van der Waals surface area contributed by atoms with Crippen molar-refractivity contribution in [3.05, 3.63) is 16.1 Å². The fourth-order valence-corrected chi connectivity index (χ4v) is 1.91. The SMILES string of the molecule is CN(C)CCCc1nc(CO)cs1. The highest BCUT2D eigenvalue weighted by atomic mass is 32.1. The normalized spacial score (nSPS) is 11.1. The van der Waals surface area contributed by atoms with Crippen LogP contribution in [0.4, 0.5) is 0 Å². The van der Waals surface area contributed by atoms with E-state index in [4.69, 9.17) is 5.11 Å². The lowest BCUT2D eigenvalue weighted by molar-refractivity contribution is 0.277. The van der Waals surface area contributed by atoms with Crippen LogP contribution in [0.15, 0.2) is 5.38 Å². The van der Waals surface area contributed by atoms with Gasteiger partial charge in [0.2, 0.25) is 0 Å². The minimum absolute atomic E-state index is 0.0597. The molecule has 4 heteroatoms. The van der Waals surface area contributed by atoms with E-state index in [1.807, 2.05) is 5.38 Å². The second-order valence-corrected chi connectivity index (χ2v) is 4.24. The van der Waals surface area contributed by atoms with Crippen LogP contribution < -0.4 is 0 Å². The predicted molar refractivity (Wildman–Crippen MR) is 54.9 cm³/mol. The van der Waals surface area contributed by atoms with E-state index in [9.17, 15) is 0 Å². The molecule has 74 valence electrons. The lowest BCUT2D eigenvalue weighted by atomic mass is 10.3. The number of rotatable bonds is 5. The van der Waals surface area contributed by atoms with Crippen LogP contribution >= 0.6 is 11.3 Å². The molecule has 1 aromatic rings. The summed E-state index contributed by atoms with van der Waals surface area (Å²) >= 11 is 1.64. The fraction of sp³-hybridized carbons (Fsp3) is 0.667. The van der Waals surface area contributed by atoms with Gasteiger partial charge in [0.15, 0.2) is 0 Å². The third kappa shape index (κ3) is 3.85. The van der Waals surface area contributed by atoms with Crippen LogP contribution in [-0.2, 0) is 13.0 Å². The van der Waals surface area contributed by atoms with E-state index in [1.54, 1.807) is 11.3 Å². The topological polar surface area (TPSA) is 36.4 Å². The Morgan fingerprint density at radius 2 is 2.31 bits per heavy atom. The van der Waals surface area contributed by atoms with E-state index in [0.717, 1.165) is 30.1 Å². The van der Waals surface area contributed by atoms with Gasteiger partial charge in [0.05, 0.1) is 17.3 Å². The molecule has 1 aromatic heterocycles. The monoisotopic (exact) mass is 200 g/mol. The number of aryl methyl sites for hydroxylation is 1. The molecule has 0 aliphatic rings. The summed E-state index contributed by atoms with van der Waals surface area (Å²) in [5.74, 6) is 0. The molecule has 0 unspecified atom stereocenters. The molecule has 0 radical (unpaired) electrons. The summed E-state index contributed by atoms with van der Waals surface area (Å²) in [6.45, 7) is 1.15. The molecule has 1 heterocycles. The minimum Gasteiger partial charge on any atom is -0.390 e. The average Bonchev–Trinajstić information content (AvgIpc) is 2.52. The Balaban J connectivity index is 2.28. The molecule has 0 saturated heterocycles. The maximum Gasteiger partial charge on any atom is 0.0929 e. The van der Waals surface area contributed by atoms with E-state index >= 15 is 0 Å². The van der Waals surface area contributed by atoms with Gasteiger partial charge >= 0.3 is 0 Å². The van der Waals surface area contributed by atoms with Gasteiger partial charge in [-0.05, 0) is 27.1 Å². The second kappa shape index (κ2) is 5.32. The van der Waals surface area contributed by atoms with Crippen molar-refractivity contribution in [3.8, 4) is 0 Å². The van der Waals surface area contributed by atoms with Gasteiger partial charge in [0.25, 0.3) is 0 Å². The van der Waals surface area contributed by atoms with Gasteiger partial charge in [-0.1, -0.05) is 0 Å². The molecule has 3 nitrogen and oxygen atoms in total. The molecule has 0 aliphatic heterocycles. The smallest absolute Gasteiger partial charge is 0.0929 e. The Bertz CT molecular complexity index is 248. The quantitative estimate of drug-likeness (QED) is 0.774. The van der Waals surface area contributed by atoms with Gasteiger partial charge < -0.3 is 10.0 Å². The zero-order valence-electron chi connectivity index (χ0n) is 8.16. The number of aliphatic hydroxyl groups is 1. The summed E-state index contributed by atoms with van der Waals surface area (Å²) in [4.78, 5) is 6.44. The molecule has 0 bridgehead atoms. The first-order chi connectivity index (χ1) is 6.22. The zero-order valence-corrected chi connectivity index (χ0v) is 8.97. The Hall–Kier alpha value is -0.450. The second-order valence-electron chi connectivity index (χ2n) is 3.30. The lowest BCUT2D eigenvalue weighted by Gasteiger charge is -2.07. The number of aromatic nitrogens is 1. The van der Waals surface area contributed by atoms with E-state index < -0.39 is 0 Å². The predicted octanol–water partition coefficient (Wildman–Crippen LogP) is 1.13. The number of hydrogen-bond donors (Lipinski definition) is 1. The average molecular weight is 200 g/mol. The van der Waals surface area contributed by atoms with E-state index in [-0.39, 0.29) is 6.61 Å². The van der Waals surface area contributed by atoms with Crippen molar-refractivity contribution in [2.45, 2.75) is 19.4 Å². The standard InChI is InChI=1S/C9H16N2OS/c1-11(2)5-3-4-9-10-8(6-12)7-13-9/h7,12H,3-6H2,1-2H3. The molecule has 13 heavy (non-hydrogen) atoms. The van der Waals surface area contributed by atoms with Crippen LogP contribution in [0.3, 0.4) is 0 Å². The van der Waals surface area contributed by atoms with Gasteiger partial charge in [0, 0.05) is 11.8 Å². The maximum absolute atomic E-state index is 8.80. The number of thiazole rings is 1. The molecule has 1 N–H and O–H groups in total. The van der Waals surface area contributed by atoms with Gasteiger partial charge in [-0.2, -0.15) is 0 Å². The highest BCUT2D eigenvalue weighted by molar-refractivity contribution is 7.09. The van der Waals surface area contributed by atoms with Gasteiger partial charge in [0.1, 0.15) is 0 Å². The summed E-state index contributed by atoms with van der Waals surface area (Å²) in [5.41, 5.74) is 0.796. The highest BCUT2D eigenvalue weighted by Gasteiger charge is 2.00. The molecule has 0 saturated carbocycles. The summed E-state index contributed by atoms with van der Waals surface area (Å²) in [6.07, 6.45) is 2.15. The van der Waals surface area contributed by atoms with Gasteiger partial charge in [-0.15, -0.1) is 11.3 Å². The van der Waals surface area contributed by atoms with Crippen molar-refractivity contribution >= 4 is 11.3 Å². The fourth-order valence-electron chi connectivity index (χ4n) is 1.08. The molecule has 0 fully saturated rings. The number of nitrogens with zero attached hydrogens (tertiary/aromatic N) is 2. The van der Waals surface area contributed by atoms with Crippen molar-refractivity contribution in [1.82, 2.24) is 9.88 Å². The van der Waals surface area contributed by atoms with Gasteiger partial charge in [-0.3, -0.25) is 0 Å². The number of hydrogen-bond acceptors (Lipinski definition) is 4. The molecule has 0 amide bonds. The summed E-state index contributed by atoms with van der Waals surface area (Å²) < 4.78 is 0. The molecule has 0 atom stereocenters. The van der Waals surface area contributed by atoms with Crippen molar-refractivity contribution in [1.29, 1.82) is 0 Å². The first kappa shape index (κ1) is 10.6. The Morgan fingerprint density at radius 3 is 2.85 bits per heavy atom. The van der Waals surface area contributed by atoms with Crippen molar-refractivity contribution < 1.29 is 5.11 Å². The van der Waals surface area contributed by atoms with Crippen LogP contribution in [0.1, 0.15) is 17.1 Å². The molecular formula is C9H16N2OS. The maximum atomic E-state index is 8.80. The van der Waals surface area contributed by atoms with Crippen LogP contribution in [0.2, 0.25) is 0 Å². The number of aliphatic hydroxyl groups excluding tert-OH is 1. The summed E-state index contributed by atoms with van der Waals surface area (Å²) in [5, 5.41) is 11.9. The molecule has 1 rings (SSSR count).